The van der Waals surface area contributed by atoms with Crippen molar-refractivity contribution in [2.24, 2.45) is 0 Å². The van der Waals surface area contributed by atoms with Crippen molar-refractivity contribution in [1.29, 1.82) is 0 Å². The smallest absolute Gasteiger partial charge is 0.241 e. The molecule has 4 nitrogen and oxygen atoms in total. The van der Waals surface area contributed by atoms with Gasteiger partial charge in [-0.3, -0.25) is 0 Å². The lowest BCUT2D eigenvalue weighted by Gasteiger charge is -2.36. The molecule has 1 aliphatic carbocycles. The molecular weight excluding hydrogens is 315 g/mol. The molecule has 0 spiro atoms. The van der Waals surface area contributed by atoms with Crippen LogP contribution in [0.2, 0.25) is 0 Å². The van der Waals surface area contributed by atoms with Gasteiger partial charge in [-0.05, 0) is 69.5 Å². The van der Waals surface area contributed by atoms with Gasteiger partial charge in [0.05, 0.1) is 4.90 Å². The van der Waals surface area contributed by atoms with E-state index in [1.165, 1.54) is 43.9 Å². The first-order chi connectivity index (χ1) is 11.0. The van der Waals surface area contributed by atoms with Gasteiger partial charge in [0.1, 0.15) is 5.82 Å². The Hall–Kier alpha value is -0.980. The van der Waals surface area contributed by atoms with E-state index < -0.39 is 15.8 Å². The molecule has 23 heavy (non-hydrogen) atoms. The van der Waals surface area contributed by atoms with Crippen molar-refractivity contribution in [3.63, 3.8) is 0 Å². The third-order valence-electron chi connectivity index (χ3n) is 5.12. The minimum Gasteiger partial charge on any atom is -0.300 e. The number of likely N-dealkylation sites (tertiary alicyclic amines) is 1. The summed E-state index contributed by atoms with van der Waals surface area (Å²) in [6.07, 6.45) is 6.89. The zero-order chi connectivity index (χ0) is 16.4. The summed E-state index contributed by atoms with van der Waals surface area (Å²) in [6.45, 7) is 3.54. The van der Waals surface area contributed by atoms with Crippen LogP contribution in [-0.2, 0) is 10.0 Å². The predicted molar refractivity (Wildman–Crippen MR) is 88.3 cm³/mol. The van der Waals surface area contributed by atoms with E-state index in [2.05, 4.69) is 9.62 Å². The highest BCUT2D eigenvalue weighted by atomic mass is 32.2. The molecule has 2 fully saturated rings. The first-order valence-corrected chi connectivity index (χ1v) is 9.96. The second kappa shape index (κ2) is 6.87. The summed E-state index contributed by atoms with van der Waals surface area (Å²) in [4.78, 5) is 2.69. The molecule has 1 heterocycles. The maximum absolute atomic E-state index is 13.2. The predicted octanol–water partition coefficient (Wildman–Crippen LogP) is 2.82. The van der Waals surface area contributed by atoms with Crippen molar-refractivity contribution in [3.8, 4) is 0 Å². The van der Waals surface area contributed by atoms with E-state index in [-0.39, 0.29) is 10.9 Å². The molecule has 0 unspecified atom stereocenters. The molecule has 1 aliphatic heterocycles. The summed E-state index contributed by atoms with van der Waals surface area (Å²) in [5.74, 6) is -0.411. The zero-order valence-electron chi connectivity index (χ0n) is 13.6. The summed E-state index contributed by atoms with van der Waals surface area (Å²) in [7, 11) is -3.58. The normalized spacial score (nSPS) is 21.8. The highest BCUT2D eigenvalue weighted by Gasteiger charge is 2.29. The van der Waals surface area contributed by atoms with Gasteiger partial charge in [-0.25, -0.2) is 17.5 Å². The second-order valence-electron chi connectivity index (χ2n) is 6.78. The van der Waals surface area contributed by atoms with Gasteiger partial charge in [-0.1, -0.05) is 12.8 Å². The molecule has 0 bridgehead atoms. The van der Waals surface area contributed by atoms with Gasteiger partial charge >= 0.3 is 0 Å². The monoisotopic (exact) mass is 340 g/mol. The summed E-state index contributed by atoms with van der Waals surface area (Å²) >= 11 is 0. The first-order valence-electron chi connectivity index (χ1n) is 8.48. The Balaban J connectivity index is 1.61. The Morgan fingerprint density at radius 2 is 1.78 bits per heavy atom. The van der Waals surface area contributed by atoms with Crippen molar-refractivity contribution in [2.45, 2.75) is 62.4 Å². The number of halogens is 1. The summed E-state index contributed by atoms with van der Waals surface area (Å²) in [5, 5.41) is 0. The third kappa shape index (κ3) is 3.92. The fourth-order valence-electron chi connectivity index (χ4n) is 3.85. The SMILES string of the molecule is Cc1cc(F)ccc1S(=O)(=O)NC1CCN(C2CCCC2)CC1. The topological polar surface area (TPSA) is 49.4 Å². The average molecular weight is 340 g/mol. The van der Waals surface area contributed by atoms with Crippen LogP contribution in [0.15, 0.2) is 23.1 Å². The van der Waals surface area contributed by atoms with E-state index in [1.807, 2.05) is 0 Å². The third-order valence-corrected chi connectivity index (χ3v) is 6.80. The maximum Gasteiger partial charge on any atom is 0.241 e. The molecule has 0 atom stereocenters. The highest BCUT2D eigenvalue weighted by molar-refractivity contribution is 7.89. The number of nitrogens with one attached hydrogen (secondary N) is 1. The summed E-state index contributed by atoms with van der Waals surface area (Å²) < 4.78 is 41.0. The van der Waals surface area contributed by atoms with Crippen LogP contribution in [0.3, 0.4) is 0 Å². The van der Waals surface area contributed by atoms with Gasteiger partial charge in [-0.2, -0.15) is 0 Å². The molecule has 0 aromatic heterocycles. The van der Waals surface area contributed by atoms with Crippen LogP contribution in [0.1, 0.15) is 44.1 Å². The molecule has 1 saturated carbocycles. The van der Waals surface area contributed by atoms with Crippen LogP contribution >= 0.6 is 0 Å². The second-order valence-corrected chi connectivity index (χ2v) is 8.46. The Labute approximate surface area is 138 Å². The molecule has 0 amide bonds. The van der Waals surface area contributed by atoms with Crippen LogP contribution in [0.4, 0.5) is 4.39 Å². The van der Waals surface area contributed by atoms with Crippen molar-refractivity contribution in [2.75, 3.05) is 13.1 Å². The molecule has 6 heteroatoms. The molecule has 1 saturated heterocycles. The maximum atomic E-state index is 13.2. The number of benzene rings is 1. The quantitative estimate of drug-likeness (QED) is 0.917. The van der Waals surface area contributed by atoms with Gasteiger partial charge in [0, 0.05) is 12.1 Å². The molecule has 3 rings (SSSR count). The molecule has 1 aromatic rings. The molecule has 128 valence electrons. The Kier molecular flexibility index (Phi) is 5.04. The van der Waals surface area contributed by atoms with Gasteiger partial charge in [0.25, 0.3) is 0 Å². The lowest BCUT2D eigenvalue weighted by Crippen LogP contribution is -2.47. The average Bonchev–Trinajstić information content (AvgIpc) is 3.01. The number of rotatable bonds is 4. The van der Waals surface area contributed by atoms with Crippen LogP contribution in [0.5, 0.6) is 0 Å². The van der Waals surface area contributed by atoms with Gasteiger partial charge in [0.15, 0.2) is 0 Å². The van der Waals surface area contributed by atoms with Crippen molar-refractivity contribution < 1.29 is 12.8 Å². The van der Waals surface area contributed by atoms with Gasteiger partial charge in [-0.15, -0.1) is 0 Å². The van der Waals surface area contributed by atoms with Crippen molar-refractivity contribution >= 4 is 10.0 Å². The van der Waals surface area contributed by atoms with Gasteiger partial charge < -0.3 is 4.90 Å². The van der Waals surface area contributed by atoms with Crippen LogP contribution in [-0.4, -0.2) is 38.5 Å². The number of sulfonamides is 1. The van der Waals surface area contributed by atoms with E-state index in [0.717, 1.165) is 25.9 Å². The van der Waals surface area contributed by atoms with E-state index in [1.54, 1.807) is 6.92 Å². The van der Waals surface area contributed by atoms with Crippen LogP contribution in [0.25, 0.3) is 0 Å². The number of piperidine rings is 1. The van der Waals surface area contributed by atoms with E-state index in [9.17, 15) is 12.8 Å². The molecule has 0 radical (unpaired) electrons. The van der Waals surface area contributed by atoms with E-state index in [0.29, 0.717) is 11.6 Å². The number of hydrogen-bond donors (Lipinski definition) is 1. The fourth-order valence-corrected chi connectivity index (χ4v) is 5.38. The lowest BCUT2D eigenvalue weighted by atomic mass is 10.0. The first kappa shape index (κ1) is 16.9. The van der Waals surface area contributed by atoms with Crippen LogP contribution in [0, 0.1) is 12.7 Å². The number of hydrogen-bond acceptors (Lipinski definition) is 3. The minimum atomic E-state index is -3.58. The Bertz CT molecular complexity index is 649. The number of aryl methyl sites for hydroxylation is 1. The number of nitrogens with zero attached hydrogens (tertiary/aromatic N) is 1. The molecule has 1 aromatic carbocycles. The van der Waals surface area contributed by atoms with E-state index >= 15 is 0 Å². The van der Waals surface area contributed by atoms with E-state index in [4.69, 9.17) is 0 Å². The largest absolute Gasteiger partial charge is 0.300 e. The Morgan fingerprint density at radius 1 is 1.13 bits per heavy atom. The standard InChI is InChI=1S/C17H25FN2O2S/c1-13-12-14(18)6-7-17(13)23(21,22)19-15-8-10-20(11-9-15)16-4-2-3-5-16/h6-7,12,15-16,19H,2-5,8-11H2,1H3. The zero-order valence-corrected chi connectivity index (χ0v) is 14.4. The lowest BCUT2D eigenvalue weighted by molar-refractivity contribution is 0.151. The van der Waals surface area contributed by atoms with Gasteiger partial charge in [0.2, 0.25) is 10.0 Å². The fraction of sp³-hybridized carbons (Fsp3) is 0.647. The Morgan fingerprint density at radius 3 is 2.39 bits per heavy atom. The molecular formula is C17H25FN2O2S. The van der Waals surface area contributed by atoms with Crippen molar-refractivity contribution in [1.82, 2.24) is 9.62 Å². The minimum absolute atomic E-state index is 0.0258. The highest BCUT2D eigenvalue weighted by Crippen LogP contribution is 2.26. The molecule has 1 N–H and O–H groups in total. The summed E-state index contributed by atoms with van der Waals surface area (Å²) in [5.41, 5.74) is 0.445. The summed E-state index contributed by atoms with van der Waals surface area (Å²) in [6, 6.07) is 4.48. The van der Waals surface area contributed by atoms with Crippen molar-refractivity contribution in [3.05, 3.63) is 29.6 Å². The van der Waals surface area contributed by atoms with Crippen LogP contribution < -0.4 is 4.72 Å². The molecule has 2 aliphatic rings.